The van der Waals surface area contributed by atoms with E-state index in [4.69, 9.17) is 4.42 Å². The number of nitrogens with one attached hydrogen (secondary N) is 1. The summed E-state index contributed by atoms with van der Waals surface area (Å²) in [5, 5.41) is 20.2. The Hall–Kier alpha value is -1.97. The standard InChI is InChI=1S/C15H13N5OS3/c1-9(13-18-19-14(21-13)11-5-3-7-23-11)24-15-16-12(17-20-15)8-10-4-2-6-22-10/h2-7,9H,8H2,1H3,(H,16,17,20). The third-order valence-electron chi connectivity index (χ3n) is 3.24. The molecule has 0 radical (unpaired) electrons. The van der Waals surface area contributed by atoms with E-state index in [0.717, 1.165) is 17.1 Å². The van der Waals surface area contributed by atoms with Gasteiger partial charge in [-0.15, -0.1) is 38.0 Å². The van der Waals surface area contributed by atoms with E-state index in [1.807, 2.05) is 30.5 Å². The molecular formula is C15H13N5OS3. The predicted molar refractivity (Wildman–Crippen MR) is 95.4 cm³/mol. The molecule has 1 N–H and O–H groups in total. The van der Waals surface area contributed by atoms with Crippen molar-refractivity contribution < 1.29 is 4.42 Å². The lowest BCUT2D eigenvalue weighted by Gasteiger charge is -2.01. The summed E-state index contributed by atoms with van der Waals surface area (Å²) in [6.45, 7) is 2.01. The minimum atomic E-state index is -0.0170. The van der Waals surface area contributed by atoms with Crippen LogP contribution in [0.15, 0.2) is 44.6 Å². The van der Waals surface area contributed by atoms with Gasteiger partial charge in [0.05, 0.1) is 10.1 Å². The predicted octanol–water partition coefficient (Wildman–Crippen LogP) is 4.42. The maximum atomic E-state index is 5.76. The van der Waals surface area contributed by atoms with E-state index in [0.29, 0.717) is 16.9 Å². The van der Waals surface area contributed by atoms with Crippen molar-refractivity contribution in [3.05, 3.63) is 51.6 Å². The summed E-state index contributed by atoms with van der Waals surface area (Å²) in [4.78, 5) is 6.75. The lowest BCUT2D eigenvalue weighted by atomic mass is 10.3. The molecule has 1 unspecified atom stereocenters. The van der Waals surface area contributed by atoms with Crippen LogP contribution in [0.4, 0.5) is 0 Å². The number of rotatable bonds is 6. The lowest BCUT2D eigenvalue weighted by molar-refractivity contribution is 0.510. The molecule has 4 rings (SSSR count). The molecule has 9 heteroatoms. The Morgan fingerprint density at radius 1 is 1.21 bits per heavy atom. The van der Waals surface area contributed by atoms with Crippen LogP contribution >= 0.6 is 34.4 Å². The lowest BCUT2D eigenvalue weighted by Crippen LogP contribution is -1.90. The van der Waals surface area contributed by atoms with Crippen molar-refractivity contribution in [2.75, 3.05) is 0 Å². The number of hydrogen-bond acceptors (Lipinski definition) is 8. The Morgan fingerprint density at radius 3 is 2.88 bits per heavy atom. The van der Waals surface area contributed by atoms with Gasteiger partial charge in [0.1, 0.15) is 5.82 Å². The second-order valence-electron chi connectivity index (χ2n) is 5.00. The highest BCUT2D eigenvalue weighted by molar-refractivity contribution is 7.99. The number of hydrogen-bond donors (Lipinski definition) is 1. The summed E-state index contributed by atoms with van der Waals surface area (Å²) < 4.78 is 5.76. The van der Waals surface area contributed by atoms with E-state index in [1.165, 1.54) is 16.6 Å². The summed E-state index contributed by atoms with van der Waals surface area (Å²) in [6.07, 6.45) is 0.767. The van der Waals surface area contributed by atoms with Gasteiger partial charge >= 0.3 is 0 Å². The smallest absolute Gasteiger partial charge is 0.257 e. The van der Waals surface area contributed by atoms with Crippen molar-refractivity contribution >= 4 is 34.4 Å². The largest absolute Gasteiger partial charge is 0.419 e. The molecule has 4 aromatic rings. The highest BCUT2D eigenvalue weighted by Crippen LogP contribution is 2.34. The summed E-state index contributed by atoms with van der Waals surface area (Å²) >= 11 is 4.79. The van der Waals surface area contributed by atoms with Gasteiger partial charge in [0, 0.05) is 11.3 Å². The SMILES string of the molecule is CC(Sc1n[nH]c(Cc2cccs2)n1)c1nnc(-c2cccs2)o1. The normalized spacial score (nSPS) is 12.5. The van der Waals surface area contributed by atoms with E-state index in [9.17, 15) is 0 Å². The van der Waals surface area contributed by atoms with E-state index in [-0.39, 0.29) is 5.25 Å². The van der Waals surface area contributed by atoms with Gasteiger partial charge < -0.3 is 4.42 Å². The first-order valence-electron chi connectivity index (χ1n) is 7.25. The maximum Gasteiger partial charge on any atom is 0.257 e. The fourth-order valence-corrected chi connectivity index (χ4v) is 4.22. The molecule has 0 aliphatic carbocycles. The molecule has 0 fully saturated rings. The van der Waals surface area contributed by atoms with Crippen LogP contribution in [0.2, 0.25) is 0 Å². The molecule has 0 amide bonds. The Labute approximate surface area is 150 Å². The molecule has 122 valence electrons. The fraction of sp³-hybridized carbons (Fsp3) is 0.200. The first kappa shape index (κ1) is 15.6. The molecule has 4 heterocycles. The quantitative estimate of drug-likeness (QED) is 0.502. The second-order valence-corrected chi connectivity index (χ2v) is 8.29. The molecule has 24 heavy (non-hydrogen) atoms. The number of aromatic nitrogens is 5. The van der Waals surface area contributed by atoms with Gasteiger partial charge in [0.2, 0.25) is 11.0 Å². The zero-order chi connectivity index (χ0) is 16.4. The first-order chi connectivity index (χ1) is 11.8. The van der Waals surface area contributed by atoms with Crippen LogP contribution in [0.5, 0.6) is 0 Å². The molecule has 6 nitrogen and oxygen atoms in total. The number of thiophene rings is 2. The Kier molecular flexibility index (Phi) is 4.46. The molecule has 0 aromatic carbocycles. The number of H-pyrrole nitrogens is 1. The van der Waals surface area contributed by atoms with Crippen LogP contribution in [-0.4, -0.2) is 25.4 Å². The topological polar surface area (TPSA) is 80.5 Å². The van der Waals surface area contributed by atoms with Crippen LogP contribution < -0.4 is 0 Å². The van der Waals surface area contributed by atoms with Gasteiger partial charge in [0.25, 0.3) is 5.89 Å². The molecule has 0 spiro atoms. The maximum absolute atomic E-state index is 5.76. The van der Waals surface area contributed by atoms with Crippen molar-refractivity contribution in [3.63, 3.8) is 0 Å². The van der Waals surface area contributed by atoms with Gasteiger partial charge in [0.15, 0.2) is 0 Å². The minimum Gasteiger partial charge on any atom is -0.419 e. The summed E-state index contributed by atoms with van der Waals surface area (Å²) in [6, 6.07) is 8.05. The van der Waals surface area contributed by atoms with E-state index in [1.54, 1.807) is 22.7 Å². The Bertz CT molecular complexity index is 898. The highest BCUT2D eigenvalue weighted by atomic mass is 32.2. The van der Waals surface area contributed by atoms with Crippen LogP contribution in [-0.2, 0) is 6.42 Å². The molecule has 0 saturated carbocycles. The van der Waals surface area contributed by atoms with Crippen molar-refractivity contribution in [2.24, 2.45) is 0 Å². The van der Waals surface area contributed by atoms with Gasteiger partial charge in [-0.1, -0.05) is 23.9 Å². The van der Waals surface area contributed by atoms with Crippen LogP contribution in [0, 0.1) is 0 Å². The van der Waals surface area contributed by atoms with Crippen molar-refractivity contribution in [1.29, 1.82) is 0 Å². The van der Waals surface area contributed by atoms with E-state index < -0.39 is 0 Å². The summed E-state index contributed by atoms with van der Waals surface area (Å²) in [7, 11) is 0. The fourth-order valence-electron chi connectivity index (χ4n) is 2.09. The molecule has 0 aliphatic rings. The molecule has 1 atom stereocenters. The highest BCUT2D eigenvalue weighted by Gasteiger charge is 2.19. The Balaban J connectivity index is 1.42. The van der Waals surface area contributed by atoms with Crippen LogP contribution in [0.25, 0.3) is 10.8 Å². The molecular weight excluding hydrogens is 362 g/mol. The Morgan fingerprint density at radius 2 is 2.08 bits per heavy atom. The van der Waals surface area contributed by atoms with Crippen LogP contribution in [0.3, 0.4) is 0 Å². The second kappa shape index (κ2) is 6.88. The number of aromatic amines is 1. The third kappa shape index (κ3) is 3.42. The molecule has 0 aliphatic heterocycles. The van der Waals surface area contributed by atoms with Crippen molar-refractivity contribution in [1.82, 2.24) is 25.4 Å². The van der Waals surface area contributed by atoms with Gasteiger partial charge in [-0.25, -0.2) is 4.98 Å². The third-order valence-corrected chi connectivity index (χ3v) is 5.92. The van der Waals surface area contributed by atoms with Crippen molar-refractivity contribution in [3.8, 4) is 10.8 Å². The summed E-state index contributed by atoms with van der Waals surface area (Å²) in [5.41, 5.74) is 0. The van der Waals surface area contributed by atoms with Gasteiger partial charge in [-0.05, 0) is 29.8 Å². The van der Waals surface area contributed by atoms with E-state index in [2.05, 4.69) is 36.8 Å². The zero-order valence-corrected chi connectivity index (χ0v) is 15.1. The minimum absolute atomic E-state index is 0.0170. The monoisotopic (exact) mass is 375 g/mol. The van der Waals surface area contributed by atoms with Gasteiger partial charge in [-0.2, -0.15) is 0 Å². The van der Waals surface area contributed by atoms with Crippen molar-refractivity contribution in [2.45, 2.75) is 23.8 Å². The zero-order valence-electron chi connectivity index (χ0n) is 12.7. The number of thioether (sulfide) groups is 1. The number of nitrogens with zero attached hydrogens (tertiary/aromatic N) is 4. The average molecular weight is 376 g/mol. The average Bonchev–Trinajstić information content (AvgIpc) is 3.36. The summed E-state index contributed by atoms with van der Waals surface area (Å²) in [5.74, 6) is 1.99. The molecule has 0 saturated heterocycles. The molecule has 0 bridgehead atoms. The van der Waals surface area contributed by atoms with Gasteiger partial charge in [-0.3, -0.25) is 5.10 Å². The first-order valence-corrected chi connectivity index (χ1v) is 9.89. The molecule has 4 aromatic heterocycles. The van der Waals surface area contributed by atoms with E-state index >= 15 is 0 Å². The van der Waals surface area contributed by atoms with Crippen LogP contribution in [0.1, 0.15) is 28.8 Å².